The zero-order valence-electron chi connectivity index (χ0n) is 11.7. The molecular formula is C15H17N3O3. The van der Waals surface area contributed by atoms with Crippen molar-refractivity contribution in [3.8, 4) is 0 Å². The van der Waals surface area contributed by atoms with E-state index in [-0.39, 0.29) is 5.91 Å². The zero-order valence-corrected chi connectivity index (χ0v) is 11.7. The van der Waals surface area contributed by atoms with Gasteiger partial charge >= 0.3 is 6.03 Å². The van der Waals surface area contributed by atoms with E-state index >= 15 is 0 Å². The predicted molar refractivity (Wildman–Crippen MR) is 76.6 cm³/mol. The van der Waals surface area contributed by atoms with Crippen LogP contribution in [0.4, 0.5) is 10.5 Å². The average Bonchev–Trinajstić information content (AvgIpc) is 2.97. The quantitative estimate of drug-likeness (QED) is 0.717. The molecule has 4 amide bonds. The molecule has 1 aliphatic heterocycles. The van der Waals surface area contributed by atoms with E-state index in [9.17, 15) is 14.4 Å². The van der Waals surface area contributed by atoms with Gasteiger partial charge in [0.15, 0.2) is 0 Å². The number of carbonyl (C=O) groups excluding carboxylic acids is 3. The molecule has 0 aromatic heterocycles. The van der Waals surface area contributed by atoms with Gasteiger partial charge in [-0.05, 0) is 38.3 Å². The number of anilines is 1. The van der Waals surface area contributed by atoms with Crippen molar-refractivity contribution in [3.05, 3.63) is 29.8 Å². The first-order chi connectivity index (χ1) is 10.0. The summed E-state index contributed by atoms with van der Waals surface area (Å²) in [4.78, 5) is 35.9. The number of hydrogen-bond donors (Lipinski definition) is 3. The normalized spacial score (nSPS) is 27.6. The summed E-state index contributed by atoms with van der Waals surface area (Å²) in [6, 6.07) is 6.94. The maximum absolute atomic E-state index is 12.5. The van der Waals surface area contributed by atoms with Crippen molar-refractivity contribution in [2.24, 2.45) is 5.92 Å². The van der Waals surface area contributed by atoms with Crippen LogP contribution in [0.15, 0.2) is 24.3 Å². The van der Waals surface area contributed by atoms with Gasteiger partial charge in [0.2, 0.25) is 5.91 Å². The summed E-state index contributed by atoms with van der Waals surface area (Å²) in [6.45, 7) is 1.97. The van der Waals surface area contributed by atoms with Gasteiger partial charge in [-0.15, -0.1) is 0 Å². The zero-order chi connectivity index (χ0) is 15.0. The summed E-state index contributed by atoms with van der Waals surface area (Å²) in [5, 5.41) is 7.71. The standard InChI is InChI=1S/C15H17N3O3/c1-9-4-6-10(7-5-9)16-12(19)11-3-2-8-15(11)13(20)17-14(21)18-15/h4-7,11H,2-3,8H2,1H3,(H,16,19)(H2,17,18,20,21). The second-order valence-electron chi connectivity index (χ2n) is 5.68. The second-order valence-corrected chi connectivity index (χ2v) is 5.68. The third-order valence-corrected chi connectivity index (χ3v) is 4.26. The molecule has 2 fully saturated rings. The van der Waals surface area contributed by atoms with Crippen LogP contribution in [0.2, 0.25) is 0 Å². The predicted octanol–water partition coefficient (Wildman–Crippen LogP) is 1.31. The summed E-state index contributed by atoms with van der Waals surface area (Å²) in [5.74, 6) is -1.16. The Labute approximate surface area is 122 Å². The number of aryl methyl sites for hydroxylation is 1. The molecule has 0 bridgehead atoms. The van der Waals surface area contributed by atoms with Crippen LogP contribution in [-0.2, 0) is 9.59 Å². The van der Waals surface area contributed by atoms with E-state index in [1.807, 2.05) is 31.2 Å². The van der Waals surface area contributed by atoms with Gasteiger partial charge in [0.05, 0.1) is 5.92 Å². The number of carbonyl (C=O) groups is 3. The molecule has 1 aromatic carbocycles. The van der Waals surface area contributed by atoms with Crippen molar-refractivity contribution in [2.75, 3.05) is 5.32 Å². The smallest absolute Gasteiger partial charge is 0.322 e. The topological polar surface area (TPSA) is 87.3 Å². The minimum atomic E-state index is -1.08. The number of hydrogen-bond acceptors (Lipinski definition) is 3. The van der Waals surface area contributed by atoms with Crippen LogP contribution < -0.4 is 16.0 Å². The lowest BCUT2D eigenvalue weighted by atomic mass is 9.86. The lowest BCUT2D eigenvalue weighted by molar-refractivity contribution is -0.131. The van der Waals surface area contributed by atoms with Crippen LogP contribution in [0.5, 0.6) is 0 Å². The Morgan fingerprint density at radius 1 is 1.29 bits per heavy atom. The molecule has 3 N–H and O–H groups in total. The molecule has 110 valence electrons. The van der Waals surface area contributed by atoms with Crippen LogP contribution >= 0.6 is 0 Å². The van der Waals surface area contributed by atoms with Gasteiger partial charge in [-0.25, -0.2) is 4.79 Å². The third kappa shape index (κ3) is 2.26. The molecule has 2 unspecified atom stereocenters. The average molecular weight is 287 g/mol. The largest absolute Gasteiger partial charge is 0.326 e. The number of benzene rings is 1. The third-order valence-electron chi connectivity index (χ3n) is 4.26. The molecule has 1 heterocycles. The van der Waals surface area contributed by atoms with Crippen LogP contribution in [0.3, 0.4) is 0 Å². The maximum atomic E-state index is 12.5. The molecule has 2 atom stereocenters. The van der Waals surface area contributed by atoms with Crippen molar-refractivity contribution < 1.29 is 14.4 Å². The van der Waals surface area contributed by atoms with Crippen LogP contribution in [0.1, 0.15) is 24.8 Å². The summed E-state index contributed by atoms with van der Waals surface area (Å²) in [7, 11) is 0. The van der Waals surface area contributed by atoms with E-state index in [2.05, 4.69) is 16.0 Å². The fourth-order valence-corrected chi connectivity index (χ4v) is 3.15. The lowest BCUT2D eigenvalue weighted by Gasteiger charge is -2.27. The van der Waals surface area contributed by atoms with E-state index in [1.165, 1.54) is 0 Å². The number of rotatable bonds is 2. The van der Waals surface area contributed by atoms with Crippen LogP contribution in [0, 0.1) is 12.8 Å². The van der Waals surface area contributed by atoms with Gasteiger partial charge in [-0.1, -0.05) is 17.7 Å². The van der Waals surface area contributed by atoms with Gasteiger partial charge in [0, 0.05) is 5.69 Å². The Morgan fingerprint density at radius 2 is 2.00 bits per heavy atom. The van der Waals surface area contributed by atoms with Gasteiger partial charge in [-0.3, -0.25) is 14.9 Å². The molecule has 1 saturated heterocycles. The van der Waals surface area contributed by atoms with Crippen molar-refractivity contribution in [3.63, 3.8) is 0 Å². The van der Waals surface area contributed by atoms with Gasteiger partial charge < -0.3 is 10.6 Å². The molecule has 21 heavy (non-hydrogen) atoms. The Balaban J connectivity index is 1.79. The van der Waals surface area contributed by atoms with Gasteiger partial charge in [-0.2, -0.15) is 0 Å². The lowest BCUT2D eigenvalue weighted by Crippen LogP contribution is -2.53. The summed E-state index contributed by atoms with van der Waals surface area (Å²) in [6.07, 6.45) is 1.82. The van der Waals surface area contributed by atoms with Crippen molar-refractivity contribution in [1.29, 1.82) is 0 Å². The van der Waals surface area contributed by atoms with Gasteiger partial charge in [0.1, 0.15) is 5.54 Å². The highest BCUT2D eigenvalue weighted by Gasteiger charge is 2.56. The van der Waals surface area contributed by atoms with E-state index in [1.54, 1.807) is 0 Å². The Hall–Kier alpha value is -2.37. The monoisotopic (exact) mass is 287 g/mol. The Morgan fingerprint density at radius 3 is 2.62 bits per heavy atom. The van der Waals surface area contributed by atoms with Crippen molar-refractivity contribution in [2.45, 2.75) is 31.7 Å². The minimum absolute atomic E-state index is 0.228. The molecule has 1 spiro atoms. The number of nitrogens with one attached hydrogen (secondary N) is 3. The van der Waals surface area contributed by atoms with E-state index in [4.69, 9.17) is 0 Å². The summed E-state index contributed by atoms with van der Waals surface area (Å²) < 4.78 is 0. The van der Waals surface area contributed by atoms with Crippen LogP contribution in [-0.4, -0.2) is 23.4 Å². The molecule has 3 rings (SSSR count). The van der Waals surface area contributed by atoms with E-state index in [0.717, 1.165) is 12.0 Å². The molecule has 0 radical (unpaired) electrons. The van der Waals surface area contributed by atoms with Gasteiger partial charge in [0.25, 0.3) is 5.91 Å². The molecular weight excluding hydrogens is 270 g/mol. The number of urea groups is 1. The first-order valence-corrected chi connectivity index (χ1v) is 7.02. The first kappa shape index (κ1) is 13.6. The van der Waals surface area contributed by atoms with E-state index < -0.39 is 23.4 Å². The highest BCUT2D eigenvalue weighted by molar-refractivity contribution is 6.11. The van der Waals surface area contributed by atoms with E-state index in [0.29, 0.717) is 18.5 Å². The minimum Gasteiger partial charge on any atom is -0.326 e. The van der Waals surface area contributed by atoms with Crippen molar-refractivity contribution >= 4 is 23.5 Å². The Kier molecular flexibility index (Phi) is 3.16. The Bertz CT molecular complexity index is 611. The highest BCUT2D eigenvalue weighted by atomic mass is 16.2. The van der Waals surface area contributed by atoms with Crippen molar-refractivity contribution in [1.82, 2.24) is 10.6 Å². The van der Waals surface area contributed by atoms with Crippen LogP contribution in [0.25, 0.3) is 0 Å². The number of imide groups is 1. The molecule has 2 aliphatic rings. The first-order valence-electron chi connectivity index (χ1n) is 7.02. The fraction of sp³-hybridized carbons (Fsp3) is 0.400. The summed E-state index contributed by atoms with van der Waals surface area (Å²) >= 11 is 0. The molecule has 6 nitrogen and oxygen atoms in total. The number of amides is 4. The highest BCUT2D eigenvalue weighted by Crippen LogP contribution is 2.38. The fourth-order valence-electron chi connectivity index (χ4n) is 3.15. The molecule has 1 saturated carbocycles. The molecule has 1 aliphatic carbocycles. The molecule has 1 aromatic rings. The second kappa shape index (κ2) is 4.87. The summed E-state index contributed by atoms with van der Waals surface area (Å²) in [5.41, 5.74) is 0.719. The molecule has 6 heteroatoms. The maximum Gasteiger partial charge on any atom is 0.322 e. The SMILES string of the molecule is Cc1ccc(NC(=O)C2CCCC23NC(=O)NC3=O)cc1.